The Kier molecular flexibility index (Phi) is 5.71. The molecule has 0 aromatic heterocycles. The molecule has 20 heavy (non-hydrogen) atoms. The monoisotopic (exact) mass is 314 g/mol. The van der Waals surface area contributed by atoms with Crippen LogP contribution in [0.1, 0.15) is 6.42 Å². The third kappa shape index (κ3) is 5.04. The molecule has 1 aromatic rings. The summed E-state index contributed by atoms with van der Waals surface area (Å²) in [6, 6.07) is 4.85. The maximum atomic E-state index is 11.7. The molecule has 1 aromatic carbocycles. The zero-order valence-electron chi connectivity index (χ0n) is 10.9. The molecular formula is C14H16Cl2N2O2. The number of nitrogens with one attached hydrogen (secondary N) is 2. The molecule has 0 saturated heterocycles. The molecular weight excluding hydrogens is 299 g/mol. The minimum atomic E-state index is -0.166. The lowest BCUT2D eigenvalue weighted by Crippen LogP contribution is -2.32. The zero-order valence-corrected chi connectivity index (χ0v) is 12.4. The average Bonchev–Trinajstić information content (AvgIpc) is 2.43. The Hall–Kier alpha value is -1.23. The van der Waals surface area contributed by atoms with Crippen molar-refractivity contribution in [1.82, 2.24) is 10.6 Å². The molecule has 1 aliphatic heterocycles. The average molecular weight is 315 g/mol. The molecule has 0 fully saturated rings. The summed E-state index contributed by atoms with van der Waals surface area (Å²) in [6.45, 7) is 2.34. The Labute approximate surface area is 128 Å². The van der Waals surface area contributed by atoms with Crippen molar-refractivity contribution < 1.29 is 9.53 Å². The van der Waals surface area contributed by atoms with Gasteiger partial charge in [0.15, 0.2) is 6.61 Å². The van der Waals surface area contributed by atoms with E-state index in [1.165, 1.54) is 5.57 Å². The molecule has 1 amide bonds. The van der Waals surface area contributed by atoms with E-state index < -0.39 is 0 Å². The highest BCUT2D eigenvalue weighted by Crippen LogP contribution is 2.23. The van der Waals surface area contributed by atoms with Gasteiger partial charge in [0.2, 0.25) is 0 Å². The molecule has 0 saturated carbocycles. The first-order chi connectivity index (χ1) is 9.63. The van der Waals surface area contributed by atoms with Crippen LogP contribution in [0.2, 0.25) is 10.0 Å². The summed E-state index contributed by atoms with van der Waals surface area (Å²) in [6.07, 6.45) is 3.06. The molecule has 0 unspecified atom stereocenters. The van der Waals surface area contributed by atoms with Gasteiger partial charge in [-0.3, -0.25) is 4.79 Å². The summed E-state index contributed by atoms with van der Waals surface area (Å²) < 4.78 is 5.36. The fourth-order valence-corrected chi connectivity index (χ4v) is 2.36. The van der Waals surface area contributed by atoms with Crippen molar-refractivity contribution in [1.29, 1.82) is 0 Å². The lowest BCUT2D eigenvalue weighted by Gasteiger charge is -2.14. The third-order valence-corrected chi connectivity index (χ3v) is 3.31. The van der Waals surface area contributed by atoms with Gasteiger partial charge in [-0.05, 0) is 31.2 Å². The maximum Gasteiger partial charge on any atom is 0.258 e. The third-order valence-electron chi connectivity index (χ3n) is 2.88. The van der Waals surface area contributed by atoms with E-state index in [1.54, 1.807) is 18.2 Å². The van der Waals surface area contributed by atoms with Crippen LogP contribution in [0.25, 0.3) is 0 Å². The van der Waals surface area contributed by atoms with Crippen molar-refractivity contribution in [3.63, 3.8) is 0 Å². The predicted molar refractivity (Wildman–Crippen MR) is 80.5 cm³/mol. The van der Waals surface area contributed by atoms with Gasteiger partial charge in [-0.25, -0.2) is 0 Å². The van der Waals surface area contributed by atoms with E-state index in [9.17, 15) is 4.79 Å². The van der Waals surface area contributed by atoms with Gasteiger partial charge in [0, 0.05) is 23.1 Å². The molecule has 4 nitrogen and oxygen atoms in total. The highest BCUT2D eigenvalue weighted by molar-refractivity contribution is 6.34. The number of carbonyl (C=O) groups excluding carboxylic acids is 1. The van der Waals surface area contributed by atoms with Gasteiger partial charge in [-0.1, -0.05) is 34.9 Å². The Morgan fingerprint density at radius 1 is 1.30 bits per heavy atom. The summed E-state index contributed by atoms with van der Waals surface area (Å²) in [5.74, 6) is 0.319. The fraction of sp³-hybridized carbons (Fsp3) is 0.357. The SMILES string of the molecule is O=C(COc1cc(Cl)cc(Cl)c1)NCC1=CCNCC1. The number of ether oxygens (including phenoxy) is 1. The number of rotatable bonds is 5. The molecule has 0 bridgehead atoms. The highest BCUT2D eigenvalue weighted by atomic mass is 35.5. The summed E-state index contributed by atoms with van der Waals surface area (Å²) in [4.78, 5) is 11.7. The first-order valence-corrected chi connectivity index (χ1v) is 7.13. The topological polar surface area (TPSA) is 50.4 Å². The van der Waals surface area contributed by atoms with Crippen LogP contribution in [0.4, 0.5) is 0 Å². The Bertz CT molecular complexity index is 498. The first kappa shape index (κ1) is 15.2. The van der Waals surface area contributed by atoms with Gasteiger partial charge < -0.3 is 15.4 Å². The standard InChI is InChI=1S/C14H16Cl2N2O2/c15-11-5-12(16)7-13(6-11)20-9-14(19)18-8-10-1-3-17-4-2-10/h1,5-7,17H,2-4,8-9H2,(H,18,19). The van der Waals surface area contributed by atoms with Crippen LogP contribution in [0.15, 0.2) is 29.8 Å². The zero-order chi connectivity index (χ0) is 14.4. The van der Waals surface area contributed by atoms with Crippen molar-refractivity contribution in [3.8, 4) is 5.75 Å². The molecule has 0 spiro atoms. The number of amides is 1. The van der Waals surface area contributed by atoms with Crippen molar-refractivity contribution in [3.05, 3.63) is 39.9 Å². The minimum absolute atomic E-state index is 0.0534. The number of halogens is 2. The van der Waals surface area contributed by atoms with Gasteiger partial charge >= 0.3 is 0 Å². The number of hydrogen-bond donors (Lipinski definition) is 2. The highest BCUT2D eigenvalue weighted by Gasteiger charge is 2.07. The van der Waals surface area contributed by atoms with Gasteiger partial charge in [0.1, 0.15) is 5.75 Å². The maximum absolute atomic E-state index is 11.7. The van der Waals surface area contributed by atoms with Crippen LogP contribution in [0, 0.1) is 0 Å². The van der Waals surface area contributed by atoms with E-state index in [0.717, 1.165) is 19.5 Å². The molecule has 0 radical (unpaired) electrons. The van der Waals surface area contributed by atoms with Crippen LogP contribution < -0.4 is 15.4 Å². The first-order valence-electron chi connectivity index (χ1n) is 6.38. The summed E-state index contributed by atoms with van der Waals surface area (Å²) >= 11 is 11.7. The van der Waals surface area contributed by atoms with Crippen LogP contribution >= 0.6 is 23.2 Å². The van der Waals surface area contributed by atoms with Gasteiger partial charge in [-0.2, -0.15) is 0 Å². The minimum Gasteiger partial charge on any atom is -0.484 e. The molecule has 108 valence electrons. The molecule has 1 heterocycles. The summed E-state index contributed by atoms with van der Waals surface area (Å²) in [5, 5.41) is 7.01. The van der Waals surface area contributed by atoms with Crippen molar-refractivity contribution in [2.75, 3.05) is 26.2 Å². The van der Waals surface area contributed by atoms with Gasteiger partial charge in [0.25, 0.3) is 5.91 Å². The van der Waals surface area contributed by atoms with Crippen LogP contribution in [0.5, 0.6) is 5.75 Å². The Morgan fingerprint density at radius 3 is 2.70 bits per heavy atom. The molecule has 2 rings (SSSR count). The normalized spacial score (nSPS) is 14.6. The molecule has 6 heteroatoms. The lowest BCUT2D eigenvalue weighted by molar-refractivity contribution is -0.122. The van der Waals surface area contributed by atoms with Gasteiger partial charge in [-0.15, -0.1) is 0 Å². The predicted octanol–water partition coefficient (Wildman–Crippen LogP) is 2.41. The van der Waals surface area contributed by atoms with E-state index in [-0.39, 0.29) is 12.5 Å². The summed E-state index contributed by atoms with van der Waals surface area (Å²) in [5.41, 5.74) is 1.24. The van der Waals surface area contributed by atoms with Crippen molar-refractivity contribution in [2.24, 2.45) is 0 Å². The smallest absolute Gasteiger partial charge is 0.258 e. The van der Waals surface area contributed by atoms with Crippen LogP contribution in [-0.2, 0) is 4.79 Å². The second kappa shape index (κ2) is 7.53. The van der Waals surface area contributed by atoms with E-state index in [1.807, 2.05) is 0 Å². The molecule has 2 N–H and O–H groups in total. The fourth-order valence-electron chi connectivity index (χ4n) is 1.85. The molecule has 0 atom stereocenters. The number of hydrogen-bond acceptors (Lipinski definition) is 3. The second-order valence-corrected chi connectivity index (χ2v) is 5.36. The Balaban J connectivity index is 1.75. The van der Waals surface area contributed by atoms with E-state index in [0.29, 0.717) is 22.3 Å². The Morgan fingerprint density at radius 2 is 2.05 bits per heavy atom. The van der Waals surface area contributed by atoms with Gasteiger partial charge in [0.05, 0.1) is 0 Å². The quantitative estimate of drug-likeness (QED) is 0.821. The second-order valence-electron chi connectivity index (χ2n) is 4.49. The number of carbonyl (C=O) groups is 1. The molecule has 1 aliphatic rings. The lowest BCUT2D eigenvalue weighted by atomic mass is 10.1. The van der Waals surface area contributed by atoms with Crippen LogP contribution in [-0.4, -0.2) is 32.1 Å². The van der Waals surface area contributed by atoms with Crippen molar-refractivity contribution in [2.45, 2.75) is 6.42 Å². The van der Waals surface area contributed by atoms with Crippen LogP contribution in [0.3, 0.4) is 0 Å². The van der Waals surface area contributed by atoms with E-state index in [4.69, 9.17) is 27.9 Å². The van der Waals surface area contributed by atoms with E-state index in [2.05, 4.69) is 16.7 Å². The number of benzene rings is 1. The summed E-state index contributed by atoms with van der Waals surface area (Å²) in [7, 11) is 0. The van der Waals surface area contributed by atoms with E-state index >= 15 is 0 Å². The molecule has 0 aliphatic carbocycles. The van der Waals surface area contributed by atoms with Crippen molar-refractivity contribution >= 4 is 29.1 Å². The largest absolute Gasteiger partial charge is 0.484 e.